The summed E-state index contributed by atoms with van der Waals surface area (Å²) in [6, 6.07) is 26.1. The number of hydrogen-bond acceptors (Lipinski definition) is 8. The summed E-state index contributed by atoms with van der Waals surface area (Å²) < 4.78 is 55.7. The van der Waals surface area contributed by atoms with Crippen LogP contribution in [0.15, 0.2) is 109 Å². The van der Waals surface area contributed by atoms with Crippen LogP contribution in [-0.4, -0.2) is 73.4 Å². The Morgan fingerprint density at radius 3 is 1.82 bits per heavy atom. The Bertz CT molecular complexity index is 2210. The number of carbonyl (C=O) groups is 5. The number of aromatic amines is 1. The van der Waals surface area contributed by atoms with Gasteiger partial charge in [-0.15, -0.1) is 0 Å². The highest BCUT2D eigenvalue weighted by molar-refractivity contribution is 6.19. The molecule has 0 bridgehead atoms. The molecule has 10 nitrogen and oxygen atoms in total. The van der Waals surface area contributed by atoms with Gasteiger partial charge in [0.05, 0.1) is 35.6 Å². The second kappa shape index (κ2) is 18.0. The summed E-state index contributed by atoms with van der Waals surface area (Å²) in [7, 11) is 3.10. The molecule has 4 aromatic carbocycles. The molecular weight excluding hydrogens is 741 g/mol. The molecule has 0 atom stereocenters. The molecule has 0 fully saturated rings. The van der Waals surface area contributed by atoms with E-state index in [1.54, 1.807) is 107 Å². The molecule has 0 saturated carbocycles. The maximum absolute atomic E-state index is 14.1. The van der Waals surface area contributed by atoms with Gasteiger partial charge in [0.15, 0.2) is 5.78 Å². The van der Waals surface area contributed by atoms with Crippen molar-refractivity contribution in [2.75, 3.05) is 33.9 Å². The smallest absolute Gasteiger partial charge is 0.416 e. The predicted octanol–water partition coefficient (Wildman–Crippen LogP) is 7.84. The molecule has 1 N–H and O–H groups in total. The Morgan fingerprint density at radius 2 is 1.25 bits per heavy atom. The fourth-order valence-electron chi connectivity index (χ4n) is 6.29. The Morgan fingerprint density at radius 1 is 0.667 bits per heavy atom. The number of rotatable bonds is 15. The van der Waals surface area contributed by atoms with Gasteiger partial charge in [0.2, 0.25) is 5.41 Å². The van der Waals surface area contributed by atoms with Crippen molar-refractivity contribution in [3.8, 4) is 22.4 Å². The molecule has 296 valence electrons. The molecule has 1 amide bonds. The summed E-state index contributed by atoms with van der Waals surface area (Å²) in [6.07, 6.45) is -2.95. The van der Waals surface area contributed by atoms with Crippen molar-refractivity contribution in [3.05, 3.63) is 143 Å². The number of aromatic nitrogens is 1. The van der Waals surface area contributed by atoms with E-state index < -0.39 is 53.4 Å². The van der Waals surface area contributed by atoms with Crippen LogP contribution < -0.4 is 0 Å². The number of amides is 1. The Balaban J connectivity index is 1.35. The Hall–Kier alpha value is -6.50. The number of nitrogens with zero attached hydrogens (tertiary/aromatic N) is 1. The van der Waals surface area contributed by atoms with Crippen molar-refractivity contribution >= 4 is 29.6 Å². The Labute approximate surface area is 327 Å². The summed E-state index contributed by atoms with van der Waals surface area (Å²) in [5.74, 6) is -3.43. The molecule has 0 aliphatic carbocycles. The summed E-state index contributed by atoms with van der Waals surface area (Å²) in [5, 5.41) is 0. The van der Waals surface area contributed by atoms with Gasteiger partial charge in [0, 0.05) is 32.3 Å². The molecule has 0 saturated heterocycles. The number of ketones is 1. The topological polar surface area (TPSA) is 132 Å². The molecule has 0 radical (unpaired) electrons. The molecule has 1 aromatic heterocycles. The van der Waals surface area contributed by atoms with E-state index in [1.807, 2.05) is 0 Å². The quantitative estimate of drug-likeness (QED) is 0.0492. The van der Waals surface area contributed by atoms with Crippen LogP contribution in [0.5, 0.6) is 0 Å². The standard InChI is InChI=1S/C44H41F3N2O8/c1-5-55-41(53)43(42(54)56-6-2,31-12-8-7-9-13-31)27-57-36(50)25-18-28-16-19-30(20-17-28)38-37(40(52)49(3)4)35(26-48-38)39(51)34-15-11-10-14-33(34)29-21-23-32(24-22-29)44(45,46)47/h7-17,19-24,26,48H,5-6,18,25,27H2,1-4H3. The van der Waals surface area contributed by atoms with Crippen molar-refractivity contribution in [2.24, 2.45) is 0 Å². The van der Waals surface area contributed by atoms with E-state index >= 15 is 0 Å². The van der Waals surface area contributed by atoms with Crippen LogP contribution in [0.1, 0.15) is 63.2 Å². The third kappa shape index (κ3) is 9.15. The van der Waals surface area contributed by atoms with E-state index in [4.69, 9.17) is 14.2 Å². The maximum Gasteiger partial charge on any atom is 0.416 e. The maximum atomic E-state index is 14.1. The van der Waals surface area contributed by atoms with Gasteiger partial charge in [0.1, 0.15) is 6.61 Å². The lowest BCUT2D eigenvalue weighted by atomic mass is 9.81. The van der Waals surface area contributed by atoms with Crippen LogP contribution in [0.4, 0.5) is 13.2 Å². The average Bonchev–Trinajstić information content (AvgIpc) is 3.65. The number of hydrogen-bond donors (Lipinski definition) is 1. The van der Waals surface area contributed by atoms with Crippen molar-refractivity contribution in [1.29, 1.82) is 0 Å². The molecule has 13 heteroatoms. The molecule has 5 aromatic rings. The monoisotopic (exact) mass is 782 g/mol. The second-order valence-electron chi connectivity index (χ2n) is 13.2. The second-order valence-corrected chi connectivity index (χ2v) is 13.2. The minimum absolute atomic E-state index is 0.0124. The number of halogens is 3. The first-order valence-electron chi connectivity index (χ1n) is 18.1. The largest absolute Gasteiger partial charge is 0.465 e. The summed E-state index contributed by atoms with van der Waals surface area (Å²) >= 11 is 0. The van der Waals surface area contributed by atoms with E-state index in [0.717, 1.165) is 17.7 Å². The molecule has 0 aliphatic rings. The summed E-state index contributed by atoms with van der Waals surface area (Å²) in [6.45, 7) is 2.54. The van der Waals surface area contributed by atoms with E-state index in [0.29, 0.717) is 22.4 Å². The van der Waals surface area contributed by atoms with Gasteiger partial charge in [0.25, 0.3) is 5.91 Å². The zero-order valence-electron chi connectivity index (χ0n) is 31.8. The minimum atomic E-state index is -4.52. The van der Waals surface area contributed by atoms with Crippen LogP contribution in [-0.2, 0) is 46.6 Å². The number of ether oxygens (including phenoxy) is 3. The molecule has 1 heterocycles. The summed E-state index contributed by atoms with van der Waals surface area (Å²) in [5.41, 5.74) is 0.264. The number of benzene rings is 4. The summed E-state index contributed by atoms with van der Waals surface area (Å²) in [4.78, 5) is 71.7. The number of aryl methyl sites for hydroxylation is 1. The number of carbonyl (C=O) groups excluding carboxylic acids is 5. The number of esters is 3. The average molecular weight is 783 g/mol. The van der Waals surface area contributed by atoms with Gasteiger partial charge in [-0.1, -0.05) is 91.0 Å². The van der Waals surface area contributed by atoms with Crippen molar-refractivity contribution in [3.63, 3.8) is 0 Å². The minimum Gasteiger partial charge on any atom is -0.465 e. The third-order valence-corrected chi connectivity index (χ3v) is 9.26. The van der Waals surface area contributed by atoms with E-state index in [-0.39, 0.29) is 48.3 Å². The zero-order valence-corrected chi connectivity index (χ0v) is 31.8. The van der Waals surface area contributed by atoms with E-state index in [1.165, 1.54) is 23.2 Å². The number of nitrogens with one attached hydrogen (secondary N) is 1. The lowest BCUT2D eigenvalue weighted by molar-refractivity contribution is -0.170. The predicted molar refractivity (Wildman–Crippen MR) is 205 cm³/mol. The highest BCUT2D eigenvalue weighted by Crippen LogP contribution is 2.35. The number of alkyl halides is 3. The van der Waals surface area contributed by atoms with Gasteiger partial charge in [-0.25, -0.2) is 0 Å². The van der Waals surface area contributed by atoms with Crippen LogP contribution in [0.25, 0.3) is 22.4 Å². The SMILES string of the molecule is CCOC(=O)C(COC(=O)CCc1ccc(-c2[nH]cc(C(=O)c3ccccc3-c3ccc(C(F)(F)F)cc3)c2C(=O)N(C)C)cc1)(C(=O)OCC)c1ccccc1. The van der Waals surface area contributed by atoms with Crippen LogP contribution in [0.2, 0.25) is 0 Å². The molecule has 0 unspecified atom stereocenters. The molecule has 57 heavy (non-hydrogen) atoms. The molecule has 0 spiro atoms. The van der Waals surface area contributed by atoms with Gasteiger partial charge >= 0.3 is 24.1 Å². The Kier molecular flexibility index (Phi) is 13.1. The van der Waals surface area contributed by atoms with Crippen LogP contribution in [0, 0.1) is 0 Å². The molecular formula is C44H41F3N2O8. The van der Waals surface area contributed by atoms with E-state index in [2.05, 4.69) is 4.98 Å². The fourth-order valence-corrected chi connectivity index (χ4v) is 6.29. The zero-order chi connectivity index (χ0) is 41.3. The van der Waals surface area contributed by atoms with Crippen molar-refractivity contribution in [1.82, 2.24) is 9.88 Å². The highest BCUT2D eigenvalue weighted by atomic mass is 19.4. The lowest BCUT2D eigenvalue weighted by Gasteiger charge is -2.29. The normalized spacial score (nSPS) is 11.4. The van der Waals surface area contributed by atoms with Gasteiger partial charge in [-0.3, -0.25) is 24.0 Å². The molecule has 0 aliphatic heterocycles. The van der Waals surface area contributed by atoms with Gasteiger partial charge in [-0.2, -0.15) is 13.2 Å². The van der Waals surface area contributed by atoms with E-state index in [9.17, 15) is 37.1 Å². The van der Waals surface area contributed by atoms with Crippen molar-refractivity contribution < 1.29 is 51.4 Å². The fraction of sp³-hybridized carbons (Fsp3) is 0.250. The van der Waals surface area contributed by atoms with Gasteiger partial charge < -0.3 is 24.1 Å². The lowest BCUT2D eigenvalue weighted by Crippen LogP contribution is -2.50. The molecule has 5 rings (SSSR count). The third-order valence-electron chi connectivity index (χ3n) is 9.26. The van der Waals surface area contributed by atoms with Crippen molar-refractivity contribution in [2.45, 2.75) is 38.3 Å². The first-order chi connectivity index (χ1) is 27.2. The van der Waals surface area contributed by atoms with Crippen LogP contribution >= 0.6 is 0 Å². The van der Waals surface area contributed by atoms with Gasteiger partial charge in [-0.05, 0) is 60.2 Å². The number of H-pyrrole nitrogens is 1. The first kappa shape index (κ1) is 41.7. The highest BCUT2D eigenvalue weighted by Gasteiger charge is 2.52. The first-order valence-corrected chi connectivity index (χ1v) is 18.1. The van der Waals surface area contributed by atoms with Crippen LogP contribution in [0.3, 0.4) is 0 Å².